The number of carbonyl (C=O) groups is 1. The van der Waals surface area contributed by atoms with E-state index in [-0.39, 0.29) is 11.5 Å². The molecule has 29 heavy (non-hydrogen) atoms. The molecule has 0 amide bonds. The van der Waals surface area contributed by atoms with Gasteiger partial charge in [0.2, 0.25) is 0 Å². The number of hydrogen-bond donors (Lipinski definition) is 1. The third-order valence-corrected chi connectivity index (χ3v) is 5.23. The molecule has 0 heterocycles. The largest absolute Gasteiger partial charge is 0.508 e. The number of rotatable bonds is 19. The zero-order valence-corrected chi connectivity index (χ0v) is 18.5. The number of unbranched alkanes of at least 4 members (excludes halogenated alkanes) is 13. The molecular weight excluding hydrogens is 360 g/mol. The van der Waals surface area contributed by atoms with Crippen LogP contribution in [0.15, 0.2) is 36.4 Å². The fourth-order valence-corrected chi connectivity index (χ4v) is 3.39. The van der Waals surface area contributed by atoms with Crippen molar-refractivity contribution in [1.82, 2.24) is 0 Å². The average molecular weight is 403 g/mol. The Balaban J connectivity index is 1.84. The molecule has 1 rings (SSSR count). The van der Waals surface area contributed by atoms with Crippen molar-refractivity contribution in [2.75, 3.05) is 6.61 Å². The van der Waals surface area contributed by atoms with Gasteiger partial charge in [-0.15, -0.1) is 0 Å². The first-order valence-corrected chi connectivity index (χ1v) is 11.8. The summed E-state index contributed by atoms with van der Waals surface area (Å²) in [6.07, 6.45) is 22.8. The number of benzene rings is 1. The second-order valence-electron chi connectivity index (χ2n) is 7.99. The third-order valence-electron chi connectivity index (χ3n) is 5.23. The van der Waals surface area contributed by atoms with E-state index in [0.717, 1.165) is 6.42 Å². The first-order chi connectivity index (χ1) is 14.2. The van der Waals surface area contributed by atoms with Crippen LogP contribution in [0.3, 0.4) is 0 Å². The van der Waals surface area contributed by atoms with E-state index >= 15 is 0 Å². The van der Waals surface area contributed by atoms with E-state index in [1.54, 1.807) is 30.3 Å². The topological polar surface area (TPSA) is 46.5 Å². The summed E-state index contributed by atoms with van der Waals surface area (Å²) in [5.74, 6) is 0.995. The highest BCUT2D eigenvalue weighted by atomic mass is 16.5. The zero-order valence-electron chi connectivity index (χ0n) is 18.5. The van der Waals surface area contributed by atoms with Crippen molar-refractivity contribution in [1.29, 1.82) is 0 Å². The number of phenols is 1. The lowest BCUT2D eigenvalue weighted by molar-refractivity contribution is -0.115. The van der Waals surface area contributed by atoms with Gasteiger partial charge in [0.15, 0.2) is 5.78 Å². The maximum Gasteiger partial charge on any atom is 0.158 e. The fourth-order valence-electron chi connectivity index (χ4n) is 3.39. The van der Waals surface area contributed by atoms with Gasteiger partial charge in [-0.25, -0.2) is 0 Å². The Kier molecular flexibility index (Phi) is 15.9. The van der Waals surface area contributed by atoms with Crippen LogP contribution >= 0.6 is 0 Å². The van der Waals surface area contributed by atoms with Crippen LogP contribution in [-0.2, 0) is 4.79 Å². The van der Waals surface area contributed by atoms with E-state index in [2.05, 4.69) is 6.92 Å². The average Bonchev–Trinajstić information content (AvgIpc) is 2.72. The normalized spacial score (nSPS) is 11.2. The molecule has 0 aliphatic rings. The van der Waals surface area contributed by atoms with Crippen molar-refractivity contribution in [3.05, 3.63) is 36.4 Å². The maximum absolute atomic E-state index is 11.8. The summed E-state index contributed by atoms with van der Waals surface area (Å²) < 4.78 is 5.49. The van der Waals surface area contributed by atoms with Crippen molar-refractivity contribution in [2.24, 2.45) is 0 Å². The van der Waals surface area contributed by atoms with Crippen LogP contribution in [0.2, 0.25) is 0 Å². The van der Waals surface area contributed by atoms with E-state index < -0.39 is 0 Å². The number of ether oxygens (including phenoxy) is 1. The smallest absolute Gasteiger partial charge is 0.158 e. The molecule has 164 valence electrons. The number of hydrogen-bond acceptors (Lipinski definition) is 3. The fraction of sp³-hybridized carbons (Fsp3) is 0.654. The molecule has 0 saturated heterocycles. The van der Waals surface area contributed by atoms with Crippen molar-refractivity contribution < 1.29 is 14.6 Å². The molecule has 1 aromatic carbocycles. The minimum absolute atomic E-state index is 0.110. The first-order valence-electron chi connectivity index (χ1n) is 11.8. The lowest BCUT2D eigenvalue weighted by Gasteiger charge is -2.04. The Hall–Kier alpha value is -1.77. The van der Waals surface area contributed by atoms with Crippen LogP contribution in [0.4, 0.5) is 0 Å². The summed E-state index contributed by atoms with van der Waals surface area (Å²) in [7, 11) is 0. The van der Waals surface area contributed by atoms with Gasteiger partial charge in [0, 0.05) is 6.42 Å². The van der Waals surface area contributed by atoms with Gasteiger partial charge in [-0.2, -0.15) is 0 Å². The van der Waals surface area contributed by atoms with Crippen LogP contribution in [0, 0.1) is 0 Å². The predicted molar refractivity (Wildman–Crippen MR) is 123 cm³/mol. The van der Waals surface area contributed by atoms with Gasteiger partial charge >= 0.3 is 0 Å². The van der Waals surface area contributed by atoms with Crippen molar-refractivity contribution in [3.8, 4) is 11.5 Å². The second-order valence-corrected chi connectivity index (χ2v) is 7.99. The van der Waals surface area contributed by atoms with Crippen LogP contribution in [0.25, 0.3) is 0 Å². The monoisotopic (exact) mass is 402 g/mol. The maximum atomic E-state index is 11.8. The molecule has 0 radical (unpaired) electrons. The van der Waals surface area contributed by atoms with E-state index in [1.807, 2.05) is 6.08 Å². The molecule has 3 heteroatoms. The molecule has 0 spiro atoms. The van der Waals surface area contributed by atoms with Gasteiger partial charge in [-0.1, -0.05) is 90.0 Å². The molecule has 0 unspecified atom stereocenters. The molecule has 0 fully saturated rings. The van der Waals surface area contributed by atoms with Gasteiger partial charge in [0.05, 0.1) is 6.61 Å². The van der Waals surface area contributed by atoms with Crippen LogP contribution in [-0.4, -0.2) is 17.5 Å². The lowest BCUT2D eigenvalue weighted by Crippen LogP contribution is -2.03. The van der Waals surface area contributed by atoms with Crippen molar-refractivity contribution >= 4 is 5.78 Å². The molecule has 1 aromatic rings. The van der Waals surface area contributed by atoms with Crippen molar-refractivity contribution in [3.63, 3.8) is 0 Å². The zero-order chi connectivity index (χ0) is 21.0. The lowest BCUT2D eigenvalue weighted by atomic mass is 10.0. The Bertz CT molecular complexity index is 533. The highest BCUT2D eigenvalue weighted by Gasteiger charge is 1.99. The Morgan fingerprint density at radius 2 is 1.34 bits per heavy atom. The van der Waals surface area contributed by atoms with Gasteiger partial charge in [-0.3, -0.25) is 4.79 Å². The summed E-state index contributed by atoms with van der Waals surface area (Å²) in [5, 5.41) is 9.21. The third kappa shape index (κ3) is 15.8. The summed E-state index contributed by atoms with van der Waals surface area (Å²) in [6, 6.07) is 6.55. The standard InChI is InChI=1S/C26H42O3/c1-2-3-4-5-6-7-8-9-10-11-12-13-14-15-16-17-24(27)22-23-29-26-20-18-25(28)19-21-26/h16-21,28H,2-15,22-23H2,1H3. The van der Waals surface area contributed by atoms with Crippen LogP contribution < -0.4 is 4.74 Å². The molecule has 0 saturated carbocycles. The number of carbonyl (C=O) groups excluding carboxylic acids is 1. The molecule has 3 nitrogen and oxygen atoms in total. The Morgan fingerprint density at radius 1 is 0.828 bits per heavy atom. The minimum Gasteiger partial charge on any atom is -0.508 e. The Morgan fingerprint density at radius 3 is 1.90 bits per heavy atom. The van der Waals surface area contributed by atoms with E-state index in [0.29, 0.717) is 18.8 Å². The molecule has 1 N–H and O–H groups in total. The SMILES string of the molecule is CCCCCCCCCCCCCCCC=CC(=O)CCOc1ccc(O)cc1. The minimum atomic E-state index is 0.110. The highest BCUT2D eigenvalue weighted by molar-refractivity contribution is 5.89. The van der Waals surface area contributed by atoms with Crippen LogP contribution in [0.1, 0.15) is 103 Å². The van der Waals surface area contributed by atoms with Gasteiger partial charge in [-0.05, 0) is 43.2 Å². The van der Waals surface area contributed by atoms with E-state index in [4.69, 9.17) is 4.74 Å². The molecule has 0 aromatic heterocycles. The van der Waals surface area contributed by atoms with Gasteiger partial charge in [0.1, 0.15) is 11.5 Å². The summed E-state index contributed by atoms with van der Waals surface area (Å²) in [6.45, 7) is 2.64. The molecule has 0 atom stereocenters. The quantitative estimate of drug-likeness (QED) is 0.190. The van der Waals surface area contributed by atoms with Crippen LogP contribution in [0.5, 0.6) is 11.5 Å². The van der Waals surface area contributed by atoms with Crippen molar-refractivity contribution in [2.45, 2.75) is 103 Å². The summed E-state index contributed by atoms with van der Waals surface area (Å²) in [4.78, 5) is 11.8. The Labute approximate surface area is 178 Å². The van der Waals surface area contributed by atoms with Gasteiger partial charge in [0.25, 0.3) is 0 Å². The molecule has 0 bridgehead atoms. The molecule has 0 aliphatic carbocycles. The number of allylic oxidation sites excluding steroid dienone is 2. The van der Waals surface area contributed by atoms with E-state index in [9.17, 15) is 9.90 Å². The van der Waals surface area contributed by atoms with E-state index in [1.165, 1.54) is 83.5 Å². The number of phenolic OH excluding ortho intramolecular Hbond substituents is 1. The summed E-state index contributed by atoms with van der Waals surface area (Å²) in [5.41, 5.74) is 0. The molecular formula is C26H42O3. The second kappa shape index (κ2) is 18.3. The summed E-state index contributed by atoms with van der Waals surface area (Å²) >= 11 is 0. The number of aromatic hydroxyl groups is 1. The number of ketones is 1. The highest BCUT2D eigenvalue weighted by Crippen LogP contribution is 2.16. The molecule has 0 aliphatic heterocycles. The van der Waals surface area contributed by atoms with Gasteiger partial charge < -0.3 is 9.84 Å². The predicted octanol–water partition coefficient (Wildman–Crippen LogP) is 7.77. The first kappa shape index (κ1) is 25.3.